The van der Waals surface area contributed by atoms with Gasteiger partial charge in [-0.15, -0.1) is 0 Å². The van der Waals surface area contributed by atoms with Crippen LogP contribution in [0.25, 0.3) is 0 Å². The normalized spacial score (nSPS) is 22.9. The van der Waals surface area contributed by atoms with Crippen LogP contribution in [-0.4, -0.2) is 78.0 Å². The number of nitrogens with zero attached hydrogens (tertiary/aromatic N) is 3. The van der Waals surface area contributed by atoms with Crippen LogP contribution in [0.2, 0.25) is 0 Å². The molecule has 0 aliphatic carbocycles. The number of aromatic nitrogens is 1. The molecule has 142 valence electrons. The molecule has 0 aromatic carbocycles. The summed E-state index contributed by atoms with van der Waals surface area (Å²) in [5, 5.41) is 2.69. The first kappa shape index (κ1) is 18.7. The number of likely N-dealkylation sites (tertiary alicyclic amines) is 2. The van der Waals surface area contributed by atoms with Gasteiger partial charge in [0.25, 0.3) is 5.92 Å². The second-order valence-corrected chi connectivity index (χ2v) is 6.67. The molecule has 0 spiro atoms. The molecule has 9 heteroatoms. The zero-order valence-corrected chi connectivity index (χ0v) is 14.5. The third kappa shape index (κ3) is 4.16. The first-order valence-electron chi connectivity index (χ1n) is 8.47. The molecule has 1 aromatic rings. The van der Waals surface area contributed by atoms with Crippen LogP contribution in [0, 0.1) is 0 Å². The van der Waals surface area contributed by atoms with Gasteiger partial charge < -0.3 is 15.0 Å². The number of hydrogen-bond donors (Lipinski definition) is 1. The SMILES string of the molecule is COCC(=O)N1CC(N2CC(F)(F)C[C@H]2C(=O)NCc2ccccn2)C1. The molecule has 2 saturated heterocycles. The third-order valence-electron chi connectivity index (χ3n) is 4.73. The van der Waals surface area contributed by atoms with Crippen molar-refractivity contribution in [1.82, 2.24) is 20.1 Å². The molecule has 7 nitrogen and oxygen atoms in total. The Hall–Kier alpha value is -2.13. The fourth-order valence-electron chi connectivity index (χ4n) is 3.35. The van der Waals surface area contributed by atoms with Gasteiger partial charge in [0, 0.05) is 38.9 Å². The maximum Gasteiger partial charge on any atom is 0.262 e. The minimum atomic E-state index is -2.91. The van der Waals surface area contributed by atoms with Gasteiger partial charge in [0.2, 0.25) is 11.8 Å². The highest BCUT2D eigenvalue weighted by Crippen LogP contribution is 2.35. The Kier molecular flexibility index (Phi) is 5.47. The molecule has 2 fully saturated rings. The second kappa shape index (κ2) is 7.63. The topological polar surface area (TPSA) is 74.8 Å². The van der Waals surface area contributed by atoms with E-state index < -0.39 is 30.8 Å². The first-order chi connectivity index (χ1) is 12.4. The molecule has 1 aromatic heterocycles. The fourth-order valence-corrected chi connectivity index (χ4v) is 3.35. The van der Waals surface area contributed by atoms with Crippen molar-refractivity contribution in [2.24, 2.45) is 0 Å². The minimum absolute atomic E-state index is 0.0309. The van der Waals surface area contributed by atoms with Gasteiger partial charge in [-0.05, 0) is 12.1 Å². The van der Waals surface area contributed by atoms with E-state index in [1.807, 2.05) is 0 Å². The molecule has 26 heavy (non-hydrogen) atoms. The summed E-state index contributed by atoms with van der Waals surface area (Å²) in [6, 6.07) is 4.17. The molecule has 3 heterocycles. The summed E-state index contributed by atoms with van der Waals surface area (Å²) in [5.41, 5.74) is 0.664. The molecule has 2 aliphatic rings. The Balaban J connectivity index is 1.58. The second-order valence-electron chi connectivity index (χ2n) is 6.67. The average Bonchev–Trinajstić information content (AvgIpc) is 2.88. The van der Waals surface area contributed by atoms with Crippen LogP contribution in [0.1, 0.15) is 12.1 Å². The Morgan fingerprint density at radius 2 is 2.15 bits per heavy atom. The summed E-state index contributed by atoms with van der Waals surface area (Å²) >= 11 is 0. The van der Waals surface area contributed by atoms with E-state index in [1.54, 1.807) is 29.3 Å². The zero-order chi connectivity index (χ0) is 18.7. The number of carbonyl (C=O) groups is 2. The van der Waals surface area contributed by atoms with Crippen LogP contribution in [0.5, 0.6) is 0 Å². The highest BCUT2D eigenvalue weighted by Gasteiger charge is 2.52. The monoisotopic (exact) mass is 368 g/mol. The van der Waals surface area contributed by atoms with Crippen molar-refractivity contribution in [1.29, 1.82) is 0 Å². The van der Waals surface area contributed by atoms with E-state index in [2.05, 4.69) is 10.3 Å². The Labute approximate surface area is 150 Å². The van der Waals surface area contributed by atoms with E-state index in [0.29, 0.717) is 18.8 Å². The number of rotatable bonds is 6. The standard InChI is InChI=1S/C17H22F2N4O3/c1-26-10-15(24)22-8-13(9-22)23-11-17(18,19)6-14(23)16(25)21-7-12-4-2-3-5-20-12/h2-5,13-14H,6-11H2,1H3,(H,21,25)/t14-/m0/s1. The summed E-state index contributed by atoms with van der Waals surface area (Å²) < 4.78 is 32.7. The lowest BCUT2D eigenvalue weighted by atomic mass is 10.1. The van der Waals surface area contributed by atoms with Crippen molar-refractivity contribution in [3.63, 3.8) is 0 Å². The number of methoxy groups -OCH3 is 1. The van der Waals surface area contributed by atoms with Gasteiger partial charge in [-0.25, -0.2) is 8.78 Å². The van der Waals surface area contributed by atoms with Crippen molar-refractivity contribution < 1.29 is 23.1 Å². The molecule has 1 N–H and O–H groups in total. The summed E-state index contributed by atoms with van der Waals surface area (Å²) in [6.45, 7) is 0.367. The smallest absolute Gasteiger partial charge is 0.262 e. The molecular weight excluding hydrogens is 346 g/mol. The number of carbonyl (C=O) groups excluding carboxylic acids is 2. The Morgan fingerprint density at radius 3 is 2.81 bits per heavy atom. The van der Waals surface area contributed by atoms with Crippen LogP contribution >= 0.6 is 0 Å². The van der Waals surface area contributed by atoms with E-state index in [9.17, 15) is 18.4 Å². The van der Waals surface area contributed by atoms with E-state index in [1.165, 1.54) is 12.0 Å². The summed E-state index contributed by atoms with van der Waals surface area (Å²) in [7, 11) is 1.43. The number of ether oxygens (including phenoxy) is 1. The predicted octanol–water partition coefficient (Wildman–Crippen LogP) is 0.265. The lowest BCUT2D eigenvalue weighted by molar-refractivity contribution is -0.144. The first-order valence-corrected chi connectivity index (χ1v) is 8.47. The number of amides is 2. The molecular formula is C17H22F2N4O3. The quantitative estimate of drug-likeness (QED) is 0.780. The number of hydrogen-bond acceptors (Lipinski definition) is 5. The molecule has 3 rings (SSSR count). The maximum atomic E-state index is 13.9. The average molecular weight is 368 g/mol. The molecule has 1 atom stereocenters. The van der Waals surface area contributed by atoms with E-state index >= 15 is 0 Å². The highest BCUT2D eigenvalue weighted by atomic mass is 19.3. The summed E-state index contributed by atoms with van der Waals surface area (Å²) in [4.78, 5) is 31.4. The maximum absolute atomic E-state index is 13.9. The predicted molar refractivity (Wildman–Crippen MR) is 88.4 cm³/mol. The molecule has 0 saturated carbocycles. The molecule has 0 radical (unpaired) electrons. The van der Waals surface area contributed by atoms with Gasteiger partial charge in [0.1, 0.15) is 6.61 Å². The van der Waals surface area contributed by atoms with Crippen LogP contribution in [0.15, 0.2) is 24.4 Å². The lowest BCUT2D eigenvalue weighted by Gasteiger charge is -2.45. The van der Waals surface area contributed by atoms with E-state index in [0.717, 1.165) is 0 Å². The van der Waals surface area contributed by atoms with Gasteiger partial charge in [0.15, 0.2) is 0 Å². The molecule has 0 unspecified atom stereocenters. The molecule has 2 aliphatic heterocycles. The lowest BCUT2D eigenvalue weighted by Crippen LogP contribution is -2.64. The number of nitrogens with one attached hydrogen (secondary N) is 1. The van der Waals surface area contributed by atoms with Crippen LogP contribution in [-0.2, 0) is 20.9 Å². The van der Waals surface area contributed by atoms with Crippen molar-refractivity contribution in [3.8, 4) is 0 Å². The Bertz CT molecular complexity index is 653. The van der Waals surface area contributed by atoms with Crippen molar-refractivity contribution in [3.05, 3.63) is 30.1 Å². The van der Waals surface area contributed by atoms with Gasteiger partial charge >= 0.3 is 0 Å². The van der Waals surface area contributed by atoms with Gasteiger partial charge in [-0.1, -0.05) is 6.07 Å². The van der Waals surface area contributed by atoms with Gasteiger partial charge in [0.05, 0.1) is 24.8 Å². The third-order valence-corrected chi connectivity index (χ3v) is 4.73. The Morgan fingerprint density at radius 1 is 1.38 bits per heavy atom. The summed E-state index contributed by atoms with van der Waals surface area (Å²) in [6.07, 6.45) is 1.10. The van der Waals surface area contributed by atoms with Crippen LogP contribution in [0.3, 0.4) is 0 Å². The van der Waals surface area contributed by atoms with Crippen LogP contribution < -0.4 is 5.32 Å². The molecule has 0 bridgehead atoms. The summed E-state index contributed by atoms with van der Waals surface area (Å²) in [5.74, 6) is -3.52. The van der Waals surface area contributed by atoms with E-state index in [-0.39, 0.29) is 25.1 Å². The van der Waals surface area contributed by atoms with Gasteiger partial charge in [-0.3, -0.25) is 19.5 Å². The zero-order valence-electron chi connectivity index (χ0n) is 14.5. The van der Waals surface area contributed by atoms with Gasteiger partial charge in [-0.2, -0.15) is 0 Å². The van der Waals surface area contributed by atoms with Crippen molar-refractivity contribution in [2.75, 3.05) is 33.4 Å². The fraction of sp³-hybridized carbons (Fsp3) is 0.588. The number of pyridine rings is 1. The number of alkyl halides is 2. The van der Waals surface area contributed by atoms with Crippen molar-refractivity contribution >= 4 is 11.8 Å². The number of halogens is 2. The highest BCUT2D eigenvalue weighted by molar-refractivity contribution is 5.82. The van der Waals surface area contributed by atoms with E-state index in [4.69, 9.17) is 4.74 Å². The van der Waals surface area contributed by atoms with Crippen molar-refractivity contribution in [2.45, 2.75) is 31.0 Å². The molecule has 2 amide bonds. The minimum Gasteiger partial charge on any atom is -0.375 e. The largest absolute Gasteiger partial charge is 0.375 e. The van der Waals surface area contributed by atoms with Crippen LogP contribution in [0.4, 0.5) is 8.78 Å².